The maximum absolute atomic E-state index is 12.3. The van der Waals surface area contributed by atoms with Gasteiger partial charge in [-0.15, -0.1) is 0 Å². The van der Waals surface area contributed by atoms with Crippen molar-refractivity contribution in [2.45, 2.75) is 25.6 Å². The van der Waals surface area contributed by atoms with Crippen LogP contribution >= 0.6 is 0 Å². The second-order valence-electron chi connectivity index (χ2n) is 3.94. The maximum atomic E-state index is 12.3. The summed E-state index contributed by atoms with van der Waals surface area (Å²) in [7, 11) is 0. The second kappa shape index (κ2) is 6.02. The van der Waals surface area contributed by atoms with Crippen molar-refractivity contribution in [2.24, 2.45) is 5.73 Å². The second-order valence-corrected chi connectivity index (χ2v) is 3.94. The molecule has 1 aromatic carbocycles. The Kier molecular flexibility index (Phi) is 4.96. The summed E-state index contributed by atoms with van der Waals surface area (Å²) in [6, 6.07) is 5.25. The van der Waals surface area contributed by atoms with E-state index in [0.717, 1.165) is 30.7 Å². The Morgan fingerprint density at radius 1 is 1.24 bits per heavy atom. The van der Waals surface area contributed by atoms with Crippen LogP contribution in [0.4, 0.5) is 13.2 Å². The van der Waals surface area contributed by atoms with Crippen molar-refractivity contribution in [1.29, 1.82) is 0 Å². The molecular formula is C12H17F3N2. The molecule has 0 saturated carbocycles. The molecule has 1 atom stereocenters. The van der Waals surface area contributed by atoms with Crippen LogP contribution in [0.1, 0.15) is 30.5 Å². The van der Waals surface area contributed by atoms with E-state index in [1.807, 2.05) is 6.92 Å². The van der Waals surface area contributed by atoms with Crippen molar-refractivity contribution in [3.8, 4) is 0 Å². The summed E-state index contributed by atoms with van der Waals surface area (Å²) in [6.07, 6.45) is -3.42. The largest absolute Gasteiger partial charge is 0.416 e. The molecule has 17 heavy (non-hydrogen) atoms. The minimum absolute atomic E-state index is 0.0313. The van der Waals surface area contributed by atoms with Crippen molar-refractivity contribution in [3.63, 3.8) is 0 Å². The monoisotopic (exact) mass is 246 g/mol. The molecule has 0 fully saturated rings. The molecule has 0 amide bonds. The number of alkyl halides is 3. The third kappa shape index (κ3) is 4.36. The number of benzene rings is 1. The highest BCUT2D eigenvalue weighted by Crippen LogP contribution is 2.29. The van der Waals surface area contributed by atoms with Gasteiger partial charge in [0.25, 0.3) is 0 Å². The van der Waals surface area contributed by atoms with E-state index in [0.29, 0.717) is 6.54 Å². The summed E-state index contributed by atoms with van der Waals surface area (Å²) < 4.78 is 37.0. The number of rotatable bonds is 5. The Bertz CT molecular complexity index is 333. The van der Waals surface area contributed by atoms with Crippen LogP contribution in [0.2, 0.25) is 0 Å². The molecule has 0 aliphatic carbocycles. The molecule has 0 radical (unpaired) electrons. The Labute approximate surface area is 99.0 Å². The lowest BCUT2D eigenvalue weighted by atomic mass is 10.1. The molecule has 1 rings (SSSR count). The zero-order chi connectivity index (χ0) is 12.9. The van der Waals surface area contributed by atoms with E-state index in [1.165, 1.54) is 12.1 Å². The molecule has 0 aromatic heterocycles. The van der Waals surface area contributed by atoms with E-state index in [2.05, 4.69) is 5.32 Å². The van der Waals surface area contributed by atoms with E-state index in [9.17, 15) is 13.2 Å². The minimum Gasteiger partial charge on any atom is -0.330 e. The fraction of sp³-hybridized carbons (Fsp3) is 0.500. The van der Waals surface area contributed by atoms with Gasteiger partial charge in [0.1, 0.15) is 0 Å². The lowest BCUT2D eigenvalue weighted by Crippen LogP contribution is -2.22. The zero-order valence-corrected chi connectivity index (χ0v) is 9.72. The molecule has 0 spiro atoms. The quantitative estimate of drug-likeness (QED) is 0.784. The fourth-order valence-corrected chi connectivity index (χ4v) is 1.50. The van der Waals surface area contributed by atoms with Crippen LogP contribution in [0.25, 0.3) is 0 Å². The van der Waals surface area contributed by atoms with E-state index < -0.39 is 11.7 Å². The number of hydrogen-bond acceptors (Lipinski definition) is 2. The van der Waals surface area contributed by atoms with E-state index in [-0.39, 0.29) is 6.04 Å². The first-order chi connectivity index (χ1) is 7.95. The molecule has 0 aliphatic rings. The SMILES string of the molecule is CC(NCCCN)c1ccc(C(F)(F)F)cc1. The molecule has 3 N–H and O–H groups in total. The minimum atomic E-state index is -4.27. The van der Waals surface area contributed by atoms with E-state index >= 15 is 0 Å². The highest BCUT2D eigenvalue weighted by atomic mass is 19.4. The standard InChI is InChI=1S/C12H17F3N2/c1-9(17-8-2-7-16)10-3-5-11(6-4-10)12(13,14)15/h3-6,9,17H,2,7-8,16H2,1H3. The maximum Gasteiger partial charge on any atom is 0.416 e. The van der Waals surface area contributed by atoms with Gasteiger partial charge in [-0.2, -0.15) is 13.2 Å². The Hall–Kier alpha value is -1.07. The average Bonchev–Trinajstić information content (AvgIpc) is 2.28. The summed E-state index contributed by atoms with van der Waals surface area (Å²) in [4.78, 5) is 0. The molecule has 1 aromatic rings. The molecular weight excluding hydrogens is 229 g/mol. The summed E-state index contributed by atoms with van der Waals surface area (Å²) in [5, 5.41) is 3.20. The van der Waals surface area contributed by atoms with Gasteiger partial charge in [-0.1, -0.05) is 12.1 Å². The van der Waals surface area contributed by atoms with Crippen LogP contribution in [0.5, 0.6) is 0 Å². The number of nitrogens with one attached hydrogen (secondary N) is 1. The van der Waals surface area contributed by atoms with Crippen LogP contribution in [-0.4, -0.2) is 13.1 Å². The molecule has 5 heteroatoms. The molecule has 2 nitrogen and oxygen atoms in total. The smallest absolute Gasteiger partial charge is 0.330 e. The number of hydrogen-bond donors (Lipinski definition) is 2. The van der Waals surface area contributed by atoms with E-state index in [4.69, 9.17) is 5.73 Å². The highest BCUT2D eigenvalue weighted by Gasteiger charge is 2.30. The molecule has 96 valence electrons. The summed E-state index contributed by atoms with van der Waals surface area (Å²) in [5.74, 6) is 0. The predicted octanol–water partition coefficient (Wildman–Crippen LogP) is 2.70. The molecule has 1 unspecified atom stereocenters. The first-order valence-corrected chi connectivity index (χ1v) is 5.55. The zero-order valence-electron chi connectivity index (χ0n) is 9.72. The third-order valence-electron chi connectivity index (χ3n) is 2.57. The van der Waals surface area contributed by atoms with Gasteiger partial charge in [0.15, 0.2) is 0 Å². The first kappa shape index (κ1) is 14.0. The fourth-order valence-electron chi connectivity index (χ4n) is 1.50. The van der Waals surface area contributed by atoms with Crippen LogP contribution in [-0.2, 0) is 6.18 Å². The number of halogens is 3. The van der Waals surface area contributed by atoms with Gasteiger partial charge in [-0.05, 0) is 44.1 Å². The first-order valence-electron chi connectivity index (χ1n) is 5.55. The van der Waals surface area contributed by atoms with Crippen LogP contribution in [0.15, 0.2) is 24.3 Å². The molecule has 0 bridgehead atoms. The lowest BCUT2D eigenvalue weighted by molar-refractivity contribution is -0.137. The highest BCUT2D eigenvalue weighted by molar-refractivity contribution is 5.26. The van der Waals surface area contributed by atoms with E-state index in [1.54, 1.807) is 0 Å². The predicted molar refractivity (Wildman–Crippen MR) is 61.5 cm³/mol. The van der Waals surface area contributed by atoms with Gasteiger partial charge in [0, 0.05) is 6.04 Å². The van der Waals surface area contributed by atoms with Crippen molar-refractivity contribution in [2.75, 3.05) is 13.1 Å². The van der Waals surface area contributed by atoms with Gasteiger partial charge in [-0.3, -0.25) is 0 Å². The summed E-state index contributed by atoms with van der Waals surface area (Å²) in [5.41, 5.74) is 5.58. The third-order valence-corrected chi connectivity index (χ3v) is 2.57. The van der Waals surface area contributed by atoms with Crippen molar-refractivity contribution in [1.82, 2.24) is 5.32 Å². The van der Waals surface area contributed by atoms with Crippen molar-refractivity contribution >= 4 is 0 Å². The van der Waals surface area contributed by atoms with Gasteiger partial charge < -0.3 is 11.1 Å². The van der Waals surface area contributed by atoms with Crippen LogP contribution < -0.4 is 11.1 Å². The Balaban J connectivity index is 2.61. The normalized spacial score (nSPS) is 13.7. The Morgan fingerprint density at radius 2 is 1.82 bits per heavy atom. The average molecular weight is 246 g/mol. The summed E-state index contributed by atoms with van der Waals surface area (Å²) >= 11 is 0. The molecule has 0 aliphatic heterocycles. The Morgan fingerprint density at radius 3 is 2.29 bits per heavy atom. The van der Waals surface area contributed by atoms with Gasteiger partial charge in [-0.25, -0.2) is 0 Å². The van der Waals surface area contributed by atoms with Gasteiger partial charge in [0.05, 0.1) is 5.56 Å². The van der Waals surface area contributed by atoms with Crippen molar-refractivity contribution in [3.05, 3.63) is 35.4 Å². The lowest BCUT2D eigenvalue weighted by Gasteiger charge is -2.15. The van der Waals surface area contributed by atoms with Gasteiger partial charge >= 0.3 is 6.18 Å². The molecule has 0 heterocycles. The summed E-state index contributed by atoms with van der Waals surface area (Å²) in [6.45, 7) is 3.28. The van der Waals surface area contributed by atoms with Crippen molar-refractivity contribution < 1.29 is 13.2 Å². The van der Waals surface area contributed by atoms with Crippen LogP contribution in [0.3, 0.4) is 0 Å². The van der Waals surface area contributed by atoms with Crippen LogP contribution in [0, 0.1) is 0 Å². The topological polar surface area (TPSA) is 38.0 Å². The molecule has 0 saturated heterocycles. The number of nitrogens with two attached hydrogens (primary N) is 1. The van der Waals surface area contributed by atoms with Gasteiger partial charge in [0.2, 0.25) is 0 Å².